The standard InChI is InChI=1S/C20H19F3N4O/c1-11-3-8-15(12(2)9-11)16-10-17(26-25-16)19-24-18(27-28-19)13-4-6-14(7-5-13)20(21,22)23/h3-9,16-17,25-26H,10H2,1-2H3. The van der Waals surface area contributed by atoms with Crippen molar-refractivity contribution in [2.75, 3.05) is 0 Å². The largest absolute Gasteiger partial charge is 0.416 e. The molecule has 2 aromatic carbocycles. The number of nitrogens with zero attached hydrogens (tertiary/aromatic N) is 2. The van der Waals surface area contributed by atoms with Crippen LogP contribution in [0.25, 0.3) is 11.4 Å². The highest BCUT2D eigenvalue weighted by Crippen LogP contribution is 2.33. The van der Waals surface area contributed by atoms with Crippen LogP contribution in [0.2, 0.25) is 0 Å². The van der Waals surface area contributed by atoms with Crippen LogP contribution < -0.4 is 10.9 Å². The molecule has 2 unspecified atom stereocenters. The Morgan fingerprint density at radius 3 is 2.39 bits per heavy atom. The fourth-order valence-electron chi connectivity index (χ4n) is 3.44. The summed E-state index contributed by atoms with van der Waals surface area (Å²) in [5.41, 5.74) is 9.79. The smallest absolute Gasteiger partial charge is 0.337 e. The Bertz CT molecular complexity index is 982. The summed E-state index contributed by atoms with van der Waals surface area (Å²) in [6.45, 7) is 4.13. The van der Waals surface area contributed by atoms with E-state index in [1.165, 1.54) is 28.8 Å². The van der Waals surface area contributed by atoms with Crippen molar-refractivity contribution in [3.8, 4) is 11.4 Å². The number of hydrogen-bond acceptors (Lipinski definition) is 5. The molecule has 1 saturated heterocycles. The van der Waals surface area contributed by atoms with Crippen LogP contribution >= 0.6 is 0 Å². The maximum atomic E-state index is 12.7. The minimum absolute atomic E-state index is 0.104. The maximum Gasteiger partial charge on any atom is 0.416 e. The van der Waals surface area contributed by atoms with Gasteiger partial charge < -0.3 is 4.52 Å². The Balaban J connectivity index is 1.49. The minimum atomic E-state index is -4.37. The van der Waals surface area contributed by atoms with Gasteiger partial charge in [0.2, 0.25) is 11.7 Å². The lowest BCUT2D eigenvalue weighted by atomic mass is 9.96. The highest BCUT2D eigenvalue weighted by molar-refractivity contribution is 5.55. The van der Waals surface area contributed by atoms with Crippen LogP contribution in [0.3, 0.4) is 0 Å². The first-order valence-corrected chi connectivity index (χ1v) is 8.91. The number of hydrogen-bond donors (Lipinski definition) is 2. The Labute approximate surface area is 159 Å². The molecule has 1 aromatic heterocycles. The van der Waals surface area contributed by atoms with E-state index in [4.69, 9.17) is 4.52 Å². The molecular formula is C20H19F3N4O. The summed E-state index contributed by atoms with van der Waals surface area (Å²) in [5, 5.41) is 3.91. The highest BCUT2D eigenvalue weighted by atomic mass is 19.4. The molecule has 0 amide bonds. The van der Waals surface area contributed by atoms with Gasteiger partial charge in [0.05, 0.1) is 5.56 Å². The average Bonchev–Trinajstić information content (AvgIpc) is 3.30. The summed E-state index contributed by atoms with van der Waals surface area (Å²) in [6, 6.07) is 11.0. The molecule has 1 fully saturated rings. The molecule has 0 bridgehead atoms. The minimum Gasteiger partial charge on any atom is -0.337 e. The monoisotopic (exact) mass is 388 g/mol. The van der Waals surface area contributed by atoms with Crippen molar-refractivity contribution in [3.63, 3.8) is 0 Å². The predicted octanol–water partition coefficient (Wildman–Crippen LogP) is 4.65. The SMILES string of the molecule is Cc1ccc(C2CC(c3nc(-c4ccc(C(F)(F)F)cc4)no3)NN2)c(C)c1. The van der Waals surface area contributed by atoms with E-state index in [1.54, 1.807) is 0 Å². The number of aryl methyl sites for hydroxylation is 2. The number of benzene rings is 2. The van der Waals surface area contributed by atoms with Gasteiger partial charge in [0.1, 0.15) is 6.04 Å². The lowest BCUT2D eigenvalue weighted by Gasteiger charge is -2.13. The van der Waals surface area contributed by atoms with Crippen LogP contribution in [-0.2, 0) is 6.18 Å². The van der Waals surface area contributed by atoms with Crippen LogP contribution in [0, 0.1) is 13.8 Å². The second-order valence-electron chi connectivity index (χ2n) is 7.02. The Kier molecular flexibility index (Phi) is 4.68. The van der Waals surface area contributed by atoms with Crippen LogP contribution in [0.5, 0.6) is 0 Å². The summed E-state index contributed by atoms with van der Waals surface area (Å²) in [4.78, 5) is 4.36. The second kappa shape index (κ2) is 7.03. The second-order valence-corrected chi connectivity index (χ2v) is 7.02. The quantitative estimate of drug-likeness (QED) is 0.684. The fourth-order valence-corrected chi connectivity index (χ4v) is 3.44. The van der Waals surface area contributed by atoms with E-state index < -0.39 is 11.7 Å². The predicted molar refractivity (Wildman–Crippen MR) is 97.0 cm³/mol. The lowest BCUT2D eigenvalue weighted by Crippen LogP contribution is -2.27. The molecule has 0 aliphatic carbocycles. The van der Waals surface area contributed by atoms with Gasteiger partial charge in [-0.05, 0) is 43.5 Å². The van der Waals surface area contributed by atoms with Gasteiger partial charge in [0.15, 0.2) is 0 Å². The van der Waals surface area contributed by atoms with E-state index in [1.807, 2.05) is 0 Å². The summed E-state index contributed by atoms with van der Waals surface area (Å²) in [7, 11) is 0. The van der Waals surface area contributed by atoms with Crippen molar-refractivity contribution in [1.82, 2.24) is 21.0 Å². The van der Waals surface area contributed by atoms with Crippen LogP contribution in [0.4, 0.5) is 13.2 Å². The normalized spacial score (nSPS) is 19.9. The van der Waals surface area contributed by atoms with Gasteiger partial charge in [-0.25, -0.2) is 10.9 Å². The van der Waals surface area contributed by atoms with Crippen molar-refractivity contribution in [2.45, 2.75) is 38.5 Å². The zero-order chi connectivity index (χ0) is 19.9. The number of alkyl halides is 3. The third-order valence-corrected chi connectivity index (χ3v) is 4.91. The van der Waals surface area contributed by atoms with Gasteiger partial charge >= 0.3 is 6.18 Å². The van der Waals surface area contributed by atoms with Gasteiger partial charge in [-0.3, -0.25) is 0 Å². The molecular weight excluding hydrogens is 369 g/mol. The molecule has 0 radical (unpaired) electrons. The average molecular weight is 388 g/mol. The van der Waals surface area contributed by atoms with E-state index in [0.29, 0.717) is 11.5 Å². The first kappa shape index (κ1) is 18.6. The Hall–Kier alpha value is -2.71. The molecule has 0 saturated carbocycles. The molecule has 3 aromatic rings. The van der Waals surface area contributed by atoms with Crippen molar-refractivity contribution >= 4 is 0 Å². The summed E-state index contributed by atoms with van der Waals surface area (Å²) < 4.78 is 43.4. The van der Waals surface area contributed by atoms with E-state index in [0.717, 1.165) is 18.6 Å². The molecule has 146 valence electrons. The molecule has 28 heavy (non-hydrogen) atoms. The van der Waals surface area contributed by atoms with Crippen molar-refractivity contribution < 1.29 is 17.7 Å². The Morgan fingerprint density at radius 2 is 1.71 bits per heavy atom. The van der Waals surface area contributed by atoms with Gasteiger partial charge in [-0.1, -0.05) is 41.1 Å². The van der Waals surface area contributed by atoms with Crippen molar-refractivity contribution in [1.29, 1.82) is 0 Å². The van der Waals surface area contributed by atoms with E-state index in [9.17, 15) is 13.2 Å². The number of aromatic nitrogens is 2. The molecule has 2 atom stereocenters. The van der Waals surface area contributed by atoms with E-state index in [2.05, 4.69) is 53.0 Å². The molecule has 5 nitrogen and oxygen atoms in total. The molecule has 0 spiro atoms. The number of rotatable bonds is 3. The van der Waals surface area contributed by atoms with Gasteiger partial charge in [0, 0.05) is 11.6 Å². The molecule has 8 heteroatoms. The highest BCUT2D eigenvalue weighted by Gasteiger charge is 2.32. The summed E-state index contributed by atoms with van der Waals surface area (Å²) >= 11 is 0. The molecule has 1 aliphatic rings. The van der Waals surface area contributed by atoms with Crippen molar-refractivity contribution in [2.24, 2.45) is 0 Å². The molecule has 4 rings (SSSR count). The third kappa shape index (κ3) is 3.65. The summed E-state index contributed by atoms with van der Waals surface area (Å²) in [5.74, 6) is 0.662. The zero-order valence-corrected chi connectivity index (χ0v) is 15.3. The first-order chi connectivity index (χ1) is 13.3. The topological polar surface area (TPSA) is 63.0 Å². The van der Waals surface area contributed by atoms with Crippen LogP contribution in [-0.4, -0.2) is 10.1 Å². The van der Waals surface area contributed by atoms with E-state index in [-0.39, 0.29) is 17.9 Å². The van der Waals surface area contributed by atoms with Gasteiger partial charge in [-0.2, -0.15) is 18.2 Å². The number of hydrazine groups is 1. The molecule has 2 heterocycles. The van der Waals surface area contributed by atoms with E-state index >= 15 is 0 Å². The lowest BCUT2D eigenvalue weighted by molar-refractivity contribution is -0.137. The van der Waals surface area contributed by atoms with Crippen LogP contribution in [0.1, 0.15) is 46.6 Å². The molecule has 1 aliphatic heterocycles. The van der Waals surface area contributed by atoms with Crippen LogP contribution in [0.15, 0.2) is 47.0 Å². The van der Waals surface area contributed by atoms with Gasteiger partial charge in [-0.15, -0.1) is 0 Å². The first-order valence-electron chi connectivity index (χ1n) is 8.91. The third-order valence-electron chi connectivity index (χ3n) is 4.91. The van der Waals surface area contributed by atoms with Crippen molar-refractivity contribution in [3.05, 3.63) is 70.6 Å². The van der Waals surface area contributed by atoms with Gasteiger partial charge in [0.25, 0.3) is 0 Å². The Morgan fingerprint density at radius 1 is 1.00 bits per heavy atom. The zero-order valence-electron chi connectivity index (χ0n) is 15.3. The fraction of sp³-hybridized carbons (Fsp3) is 0.300. The number of halogens is 3. The summed E-state index contributed by atoms with van der Waals surface area (Å²) in [6.07, 6.45) is -3.65. The number of nitrogens with one attached hydrogen (secondary N) is 2. The molecule has 2 N–H and O–H groups in total. The maximum absolute atomic E-state index is 12.7.